The largest absolute Gasteiger partial charge is 0.497 e. The number of H-pyrrole nitrogens is 1. The molecule has 102 valence electrons. The van der Waals surface area contributed by atoms with Crippen LogP contribution in [0.1, 0.15) is 43.4 Å². The smallest absolute Gasteiger partial charge is 0.118 e. The van der Waals surface area contributed by atoms with Crippen molar-refractivity contribution in [3.05, 3.63) is 53.9 Å². The Bertz CT molecular complexity index is 459. The van der Waals surface area contributed by atoms with E-state index in [9.17, 15) is 0 Å². The molecule has 0 bridgehead atoms. The lowest BCUT2D eigenvalue weighted by Crippen LogP contribution is -2.03. The van der Waals surface area contributed by atoms with Gasteiger partial charge in [0.15, 0.2) is 0 Å². The highest BCUT2D eigenvalue weighted by atomic mass is 16.5. The topological polar surface area (TPSA) is 25.0 Å². The molecule has 1 unspecified atom stereocenters. The summed E-state index contributed by atoms with van der Waals surface area (Å²) in [6.45, 7) is 2.25. The number of benzene rings is 1. The van der Waals surface area contributed by atoms with E-state index in [0.717, 1.165) is 12.2 Å². The van der Waals surface area contributed by atoms with Crippen LogP contribution in [0, 0.1) is 0 Å². The number of aromatic nitrogens is 1. The fourth-order valence-electron chi connectivity index (χ4n) is 2.46. The molecule has 0 radical (unpaired) electrons. The average Bonchev–Trinajstić information content (AvgIpc) is 2.98. The minimum Gasteiger partial charge on any atom is -0.497 e. The number of ether oxygens (including phenoxy) is 1. The van der Waals surface area contributed by atoms with E-state index >= 15 is 0 Å². The molecule has 0 aliphatic carbocycles. The van der Waals surface area contributed by atoms with Crippen LogP contribution in [0.3, 0.4) is 0 Å². The van der Waals surface area contributed by atoms with Gasteiger partial charge in [-0.05, 0) is 42.7 Å². The molecule has 0 saturated carbocycles. The minimum atomic E-state index is 0.586. The molecule has 2 rings (SSSR count). The van der Waals surface area contributed by atoms with E-state index in [1.165, 1.54) is 30.5 Å². The van der Waals surface area contributed by atoms with Crippen LogP contribution in [0.5, 0.6) is 5.75 Å². The fraction of sp³-hybridized carbons (Fsp3) is 0.412. The second kappa shape index (κ2) is 7.03. The maximum absolute atomic E-state index is 5.21. The Morgan fingerprint density at radius 3 is 2.53 bits per heavy atom. The predicted molar refractivity (Wildman–Crippen MR) is 79.8 cm³/mol. The maximum Gasteiger partial charge on any atom is 0.118 e. The van der Waals surface area contributed by atoms with Crippen LogP contribution < -0.4 is 4.74 Å². The monoisotopic (exact) mass is 257 g/mol. The highest BCUT2D eigenvalue weighted by molar-refractivity contribution is 5.28. The van der Waals surface area contributed by atoms with Crippen LogP contribution >= 0.6 is 0 Å². The van der Waals surface area contributed by atoms with Crippen molar-refractivity contribution < 1.29 is 4.74 Å². The number of rotatable bonds is 7. The van der Waals surface area contributed by atoms with E-state index in [-0.39, 0.29) is 0 Å². The Kier molecular flexibility index (Phi) is 5.08. The molecule has 1 N–H and O–H groups in total. The fourth-order valence-corrected chi connectivity index (χ4v) is 2.46. The van der Waals surface area contributed by atoms with Crippen molar-refractivity contribution in [3.63, 3.8) is 0 Å². The highest BCUT2D eigenvalue weighted by Gasteiger charge is 2.12. The van der Waals surface area contributed by atoms with Crippen molar-refractivity contribution in [2.45, 2.75) is 38.5 Å². The zero-order valence-corrected chi connectivity index (χ0v) is 11.9. The first-order valence-electron chi connectivity index (χ1n) is 7.09. The third-order valence-electron chi connectivity index (χ3n) is 3.61. The molecule has 0 aliphatic heterocycles. The van der Waals surface area contributed by atoms with Crippen LogP contribution in [-0.2, 0) is 6.42 Å². The number of aromatic amines is 1. The summed E-state index contributed by atoms with van der Waals surface area (Å²) in [5.41, 5.74) is 2.72. The molecule has 0 amide bonds. The van der Waals surface area contributed by atoms with Gasteiger partial charge in [0.2, 0.25) is 0 Å². The first-order chi connectivity index (χ1) is 9.33. The Hall–Kier alpha value is -1.70. The van der Waals surface area contributed by atoms with E-state index in [2.05, 4.69) is 36.2 Å². The summed E-state index contributed by atoms with van der Waals surface area (Å²) in [6.07, 6.45) is 6.87. The standard InChI is InChI=1S/C17H23NO/c1-3-4-6-15(17-7-5-12-18-17)13-14-8-10-16(19-2)11-9-14/h5,7-12,15,18H,3-4,6,13H2,1-2H3. The normalized spacial score (nSPS) is 12.3. The lowest BCUT2D eigenvalue weighted by atomic mass is 9.91. The van der Waals surface area contributed by atoms with E-state index in [4.69, 9.17) is 4.74 Å². The summed E-state index contributed by atoms with van der Waals surface area (Å²) in [5, 5.41) is 0. The summed E-state index contributed by atoms with van der Waals surface area (Å²) in [4.78, 5) is 3.36. The Morgan fingerprint density at radius 2 is 1.95 bits per heavy atom. The summed E-state index contributed by atoms with van der Waals surface area (Å²) < 4.78 is 5.21. The Balaban J connectivity index is 2.06. The molecule has 1 aromatic carbocycles. The van der Waals surface area contributed by atoms with Gasteiger partial charge < -0.3 is 9.72 Å². The van der Waals surface area contributed by atoms with Crippen LogP contribution in [0.15, 0.2) is 42.6 Å². The molecular weight excluding hydrogens is 234 g/mol. The molecular formula is C17H23NO. The van der Waals surface area contributed by atoms with Gasteiger partial charge in [0.25, 0.3) is 0 Å². The van der Waals surface area contributed by atoms with Crippen molar-refractivity contribution in [3.8, 4) is 5.75 Å². The molecule has 0 spiro atoms. The molecule has 0 saturated heterocycles. The lowest BCUT2D eigenvalue weighted by Gasteiger charge is -2.16. The molecule has 1 atom stereocenters. The molecule has 19 heavy (non-hydrogen) atoms. The molecule has 1 aromatic heterocycles. The maximum atomic E-state index is 5.21. The average molecular weight is 257 g/mol. The number of hydrogen-bond donors (Lipinski definition) is 1. The number of unbranched alkanes of at least 4 members (excludes halogenated alkanes) is 1. The van der Waals surface area contributed by atoms with Gasteiger partial charge in [-0.2, -0.15) is 0 Å². The Morgan fingerprint density at radius 1 is 1.16 bits per heavy atom. The molecule has 2 aromatic rings. The lowest BCUT2D eigenvalue weighted by molar-refractivity contribution is 0.414. The van der Waals surface area contributed by atoms with E-state index < -0.39 is 0 Å². The minimum absolute atomic E-state index is 0.586. The van der Waals surface area contributed by atoms with E-state index in [0.29, 0.717) is 5.92 Å². The summed E-state index contributed by atoms with van der Waals surface area (Å²) in [7, 11) is 1.71. The van der Waals surface area contributed by atoms with Crippen molar-refractivity contribution in [1.29, 1.82) is 0 Å². The van der Waals surface area contributed by atoms with Gasteiger partial charge in [-0.1, -0.05) is 31.9 Å². The SMILES string of the molecule is CCCCC(Cc1ccc(OC)cc1)c1ccc[nH]1. The van der Waals surface area contributed by atoms with E-state index in [1.807, 2.05) is 18.3 Å². The van der Waals surface area contributed by atoms with Crippen molar-refractivity contribution in [2.24, 2.45) is 0 Å². The first-order valence-corrected chi connectivity index (χ1v) is 7.09. The van der Waals surface area contributed by atoms with Gasteiger partial charge in [-0.15, -0.1) is 0 Å². The number of methoxy groups -OCH3 is 1. The highest BCUT2D eigenvalue weighted by Crippen LogP contribution is 2.26. The number of hydrogen-bond acceptors (Lipinski definition) is 1. The van der Waals surface area contributed by atoms with Gasteiger partial charge in [-0.3, -0.25) is 0 Å². The molecule has 2 nitrogen and oxygen atoms in total. The van der Waals surface area contributed by atoms with Gasteiger partial charge in [0.05, 0.1) is 7.11 Å². The van der Waals surface area contributed by atoms with Crippen molar-refractivity contribution >= 4 is 0 Å². The summed E-state index contributed by atoms with van der Waals surface area (Å²) >= 11 is 0. The third-order valence-corrected chi connectivity index (χ3v) is 3.61. The first kappa shape index (κ1) is 13.7. The summed E-state index contributed by atoms with van der Waals surface area (Å²) in [5.74, 6) is 1.51. The van der Waals surface area contributed by atoms with Crippen LogP contribution in [0.2, 0.25) is 0 Å². The van der Waals surface area contributed by atoms with Gasteiger partial charge in [0, 0.05) is 17.8 Å². The molecule has 2 heteroatoms. The van der Waals surface area contributed by atoms with Gasteiger partial charge >= 0.3 is 0 Å². The number of nitrogens with one attached hydrogen (secondary N) is 1. The van der Waals surface area contributed by atoms with Crippen LogP contribution in [-0.4, -0.2) is 12.1 Å². The zero-order chi connectivity index (χ0) is 13.5. The third kappa shape index (κ3) is 3.88. The quantitative estimate of drug-likeness (QED) is 0.774. The van der Waals surface area contributed by atoms with Crippen LogP contribution in [0.25, 0.3) is 0 Å². The zero-order valence-electron chi connectivity index (χ0n) is 11.9. The van der Waals surface area contributed by atoms with Gasteiger partial charge in [0.1, 0.15) is 5.75 Å². The van der Waals surface area contributed by atoms with Crippen molar-refractivity contribution in [1.82, 2.24) is 4.98 Å². The second-order valence-electron chi connectivity index (χ2n) is 5.02. The molecule has 0 fully saturated rings. The van der Waals surface area contributed by atoms with Crippen molar-refractivity contribution in [2.75, 3.05) is 7.11 Å². The van der Waals surface area contributed by atoms with Crippen LogP contribution in [0.4, 0.5) is 0 Å². The second-order valence-corrected chi connectivity index (χ2v) is 5.02. The Labute approximate surface area is 115 Å². The summed E-state index contributed by atoms with van der Waals surface area (Å²) in [6, 6.07) is 12.7. The molecule has 0 aliphatic rings. The predicted octanol–water partition coefficient (Wildman–Crippen LogP) is 4.54. The molecule has 1 heterocycles. The van der Waals surface area contributed by atoms with Gasteiger partial charge in [-0.25, -0.2) is 0 Å². The van der Waals surface area contributed by atoms with E-state index in [1.54, 1.807) is 7.11 Å².